The molecule has 0 N–H and O–H groups in total. The number of ether oxygens (including phenoxy) is 2. The maximum absolute atomic E-state index is 13.1. The van der Waals surface area contributed by atoms with Crippen molar-refractivity contribution < 1.29 is 18.8 Å². The molecule has 2 aliphatic heterocycles. The molecule has 2 aliphatic rings. The summed E-state index contributed by atoms with van der Waals surface area (Å²) in [5.41, 5.74) is 3.96. The fraction of sp³-hybridized carbons (Fsp3) is 0.545. The Kier molecular flexibility index (Phi) is 5.87. The molecule has 7 nitrogen and oxygen atoms in total. The molecule has 0 radical (unpaired) electrons. The first-order valence-corrected chi connectivity index (χ1v) is 10.3. The molecule has 2 aromatic rings. The maximum Gasteiger partial charge on any atom is 0.227 e. The highest BCUT2D eigenvalue weighted by molar-refractivity contribution is 5.79. The second-order valence-electron chi connectivity index (χ2n) is 7.99. The lowest BCUT2D eigenvalue weighted by molar-refractivity contribution is -0.133. The highest BCUT2D eigenvalue weighted by Crippen LogP contribution is 2.28. The third-order valence-corrected chi connectivity index (χ3v) is 5.82. The molecule has 1 fully saturated rings. The number of benzene rings is 1. The topological polar surface area (TPSA) is 68.0 Å². The number of nitrogens with zero attached hydrogens (tertiary/aromatic N) is 3. The lowest BCUT2D eigenvalue weighted by atomic mass is 10.1. The quantitative estimate of drug-likeness (QED) is 0.787. The third-order valence-electron chi connectivity index (χ3n) is 5.82. The number of aryl methyl sites for hydroxylation is 2. The molecule has 3 heterocycles. The summed E-state index contributed by atoms with van der Waals surface area (Å²) >= 11 is 0. The summed E-state index contributed by atoms with van der Waals surface area (Å²) in [4.78, 5) is 17.4. The van der Waals surface area contributed by atoms with Crippen molar-refractivity contribution in [2.75, 3.05) is 32.9 Å². The molecule has 0 bridgehead atoms. The van der Waals surface area contributed by atoms with Gasteiger partial charge in [-0.3, -0.25) is 9.69 Å². The smallest absolute Gasteiger partial charge is 0.227 e. The van der Waals surface area contributed by atoms with Gasteiger partial charge in [0.25, 0.3) is 0 Å². The summed E-state index contributed by atoms with van der Waals surface area (Å²) in [5.74, 6) is 1.65. The predicted octanol–water partition coefficient (Wildman–Crippen LogP) is 2.48. The van der Waals surface area contributed by atoms with Crippen LogP contribution in [0, 0.1) is 13.8 Å². The van der Waals surface area contributed by atoms with Crippen LogP contribution in [-0.4, -0.2) is 59.8 Å². The standard InChI is InChI=1S/C22H29N3O4/c1-15-14-28-21-5-4-18(12-24-6-8-27-9-7-24)10-19(21)13-25(15)22(26)11-20-16(2)23-29-17(20)3/h4-5,10,15H,6-9,11-14H2,1-3H3/t15-/m0/s1. The van der Waals surface area contributed by atoms with Crippen molar-refractivity contribution in [2.45, 2.75) is 46.3 Å². The summed E-state index contributed by atoms with van der Waals surface area (Å²) < 4.78 is 16.7. The number of hydrogen-bond donors (Lipinski definition) is 0. The number of carbonyl (C=O) groups is 1. The van der Waals surface area contributed by atoms with Gasteiger partial charge < -0.3 is 18.9 Å². The van der Waals surface area contributed by atoms with Crippen LogP contribution in [0.15, 0.2) is 22.7 Å². The summed E-state index contributed by atoms with van der Waals surface area (Å²) in [6.45, 7) is 11.2. The van der Waals surface area contributed by atoms with Crippen LogP contribution >= 0.6 is 0 Å². The van der Waals surface area contributed by atoms with Crippen molar-refractivity contribution in [3.05, 3.63) is 46.3 Å². The minimum atomic E-state index is -0.00179. The van der Waals surface area contributed by atoms with Crippen molar-refractivity contribution >= 4 is 5.91 Å². The number of morpholine rings is 1. The molecule has 0 saturated carbocycles. The van der Waals surface area contributed by atoms with Crippen LogP contribution in [0.3, 0.4) is 0 Å². The molecule has 29 heavy (non-hydrogen) atoms. The fourth-order valence-corrected chi connectivity index (χ4v) is 3.99. The van der Waals surface area contributed by atoms with Gasteiger partial charge in [0.2, 0.25) is 5.91 Å². The zero-order valence-corrected chi connectivity index (χ0v) is 17.4. The largest absolute Gasteiger partial charge is 0.491 e. The molecule has 156 valence electrons. The lowest BCUT2D eigenvalue weighted by Crippen LogP contribution is -2.40. The van der Waals surface area contributed by atoms with E-state index in [1.807, 2.05) is 31.7 Å². The molecular weight excluding hydrogens is 370 g/mol. The van der Waals surface area contributed by atoms with E-state index in [1.54, 1.807) is 0 Å². The van der Waals surface area contributed by atoms with E-state index >= 15 is 0 Å². The highest BCUT2D eigenvalue weighted by atomic mass is 16.5. The van der Waals surface area contributed by atoms with Crippen molar-refractivity contribution in [2.24, 2.45) is 0 Å². The Hall–Kier alpha value is -2.38. The Labute approximate surface area is 171 Å². The van der Waals surface area contributed by atoms with Crippen LogP contribution in [0.25, 0.3) is 0 Å². The number of aromatic nitrogens is 1. The summed E-state index contributed by atoms with van der Waals surface area (Å²) in [5, 5.41) is 3.97. The molecule has 1 aromatic carbocycles. The third kappa shape index (κ3) is 4.46. The van der Waals surface area contributed by atoms with Crippen LogP contribution in [0.2, 0.25) is 0 Å². The predicted molar refractivity (Wildman–Crippen MR) is 108 cm³/mol. The first-order valence-electron chi connectivity index (χ1n) is 10.3. The average Bonchev–Trinajstić information content (AvgIpc) is 2.93. The second kappa shape index (κ2) is 8.55. The van der Waals surface area contributed by atoms with Gasteiger partial charge in [-0.05, 0) is 38.5 Å². The highest BCUT2D eigenvalue weighted by Gasteiger charge is 2.27. The first kappa shape index (κ1) is 19.9. The molecule has 1 saturated heterocycles. The van der Waals surface area contributed by atoms with Gasteiger partial charge in [-0.1, -0.05) is 11.2 Å². The normalized spacial score (nSPS) is 20.1. The minimum Gasteiger partial charge on any atom is -0.491 e. The number of amides is 1. The summed E-state index contributed by atoms with van der Waals surface area (Å²) in [6.07, 6.45) is 0.300. The van der Waals surface area contributed by atoms with Gasteiger partial charge in [-0.25, -0.2) is 0 Å². The zero-order valence-electron chi connectivity index (χ0n) is 17.4. The van der Waals surface area contributed by atoms with Gasteiger partial charge in [0, 0.05) is 37.3 Å². The number of rotatable bonds is 4. The van der Waals surface area contributed by atoms with E-state index in [2.05, 4.69) is 22.2 Å². The molecule has 1 atom stereocenters. The van der Waals surface area contributed by atoms with Crippen molar-refractivity contribution in [1.82, 2.24) is 15.0 Å². The van der Waals surface area contributed by atoms with E-state index in [4.69, 9.17) is 14.0 Å². The molecule has 4 rings (SSSR count). The van der Waals surface area contributed by atoms with E-state index in [0.717, 1.165) is 55.4 Å². The minimum absolute atomic E-state index is 0.00179. The van der Waals surface area contributed by atoms with Gasteiger partial charge in [0.15, 0.2) is 0 Å². The van der Waals surface area contributed by atoms with Gasteiger partial charge in [-0.15, -0.1) is 0 Å². The van der Waals surface area contributed by atoms with E-state index in [9.17, 15) is 4.79 Å². The molecule has 1 amide bonds. The zero-order chi connectivity index (χ0) is 20.4. The SMILES string of the molecule is Cc1noc(C)c1CC(=O)N1Cc2cc(CN3CCOCC3)ccc2OC[C@@H]1C. The maximum atomic E-state index is 13.1. The van der Waals surface area contributed by atoms with Crippen molar-refractivity contribution in [3.63, 3.8) is 0 Å². The molecule has 1 aromatic heterocycles. The van der Waals surface area contributed by atoms with Gasteiger partial charge in [0.1, 0.15) is 18.1 Å². The van der Waals surface area contributed by atoms with Gasteiger partial charge >= 0.3 is 0 Å². The van der Waals surface area contributed by atoms with E-state index in [-0.39, 0.29) is 11.9 Å². The number of carbonyl (C=O) groups excluding carboxylic acids is 1. The van der Waals surface area contributed by atoms with Crippen molar-refractivity contribution in [1.29, 1.82) is 0 Å². The number of hydrogen-bond acceptors (Lipinski definition) is 6. The molecular formula is C22H29N3O4. The van der Waals surface area contributed by atoms with Crippen LogP contribution in [0.5, 0.6) is 5.75 Å². The number of fused-ring (bicyclic) bond motifs is 1. The molecule has 0 aliphatic carbocycles. The van der Waals surface area contributed by atoms with Gasteiger partial charge in [0.05, 0.1) is 31.4 Å². The molecule has 0 unspecified atom stereocenters. The Bertz CT molecular complexity index is 853. The monoisotopic (exact) mass is 399 g/mol. The summed E-state index contributed by atoms with van der Waals surface area (Å²) in [7, 11) is 0. The molecule has 0 spiro atoms. The van der Waals surface area contributed by atoms with Gasteiger partial charge in [-0.2, -0.15) is 0 Å². The Balaban J connectivity index is 1.51. The first-order chi connectivity index (χ1) is 14.0. The Morgan fingerprint density at radius 3 is 2.76 bits per heavy atom. The van der Waals surface area contributed by atoms with E-state index < -0.39 is 0 Å². The van der Waals surface area contributed by atoms with Crippen molar-refractivity contribution in [3.8, 4) is 5.75 Å². The van der Waals surface area contributed by atoms with Crippen LogP contribution in [0.1, 0.15) is 35.1 Å². The second-order valence-corrected chi connectivity index (χ2v) is 7.99. The summed E-state index contributed by atoms with van der Waals surface area (Å²) in [6, 6.07) is 6.34. The van der Waals surface area contributed by atoms with E-state index in [0.29, 0.717) is 25.3 Å². The Morgan fingerprint density at radius 2 is 2.03 bits per heavy atom. The molecule has 7 heteroatoms. The lowest BCUT2D eigenvalue weighted by Gasteiger charge is -2.27. The van der Waals surface area contributed by atoms with E-state index in [1.165, 1.54) is 5.56 Å². The average molecular weight is 399 g/mol. The van der Waals surface area contributed by atoms with Crippen LogP contribution < -0.4 is 4.74 Å². The fourth-order valence-electron chi connectivity index (χ4n) is 3.99. The van der Waals surface area contributed by atoms with Crippen LogP contribution in [0.4, 0.5) is 0 Å². The van der Waals surface area contributed by atoms with Crippen LogP contribution in [-0.2, 0) is 29.0 Å². The Morgan fingerprint density at radius 1 is 1.24 bits per heavy atom.